The molecule has 0 saturated carbocycles. The minimum absolute atomic E-state index is 0.0708. The highest BCUT2D eigenvalue weighted by molar-refractivity contribution is 7.91. The van der Waals surface area contributed by atoms with Gasteiger partial charge in [-0.25, -0.2) is 8.42 Å². The van der Waals surface area contributed by atoms with Gasteiger partial charge in [-0.15, -0.1) is 0 Å². The van der Waals surface area contributed by atoms with Crippen LogP contribution in [-0.4, -0.2) is 35.1 Å². The van der Waals surface area contributed by atoms with Crippen LogP contribution in [0.2, 0.25) is 0 Å². The third kappa shape index (κ3) is 5.34. The van der Waals surface area contributed by atoms with Gasteiger partial charge >= 0.3 is 0 Å². The summed E-state index contributed by atoms with van der Waals surface area (Å²) in [6.45, 7) is 5.55. The van der Waals surface area contributed by atoms with Gasteiger partial charge in [0.05, 0.1) is 36.2 Å². The van der Waals surface area contributed by atoms with Gasteiger partial charge in [-0.2, -0.15) is 0 Å². The second kappa shape index (κ2) is 10.6. The van der Waals surface area contributed by atoms with E-state index < -0.39 is 9.84 Å². The quantitative estimate of drug-likeness (QED) is 0.456. The van der Waals surface area contributed by atoms with E-state index in [9.17, 15) is 13.2 Å². The van der Waals surface area contributed by atoms with E-state index in [1.807, 2.05) is 38.1 Å². The molecule has 0 radical (unpaired) electrons. The topological polar surface area (TPSA) is 93.7 Å². The molecule has 0 heterocycles. The normalized spacial score (nSPS) is 11.1. The van der Waals surface area contributed by atoms with Crippen molar-refractivity contribution in [2.24, 2.45) is 0 Å². The van der Waals surface area contributed by atoms with Crippen molar-refractivity contribution < 1.29 is 22.7 Å². The number of carbonyl (C=O) groups excluding carboxylic acids is 1. The Morgan fingerprint density at radius 1 is 0.912 bits per heavy atom. The smallest absolute Gasteiger partial charge is 0.243 e. The van der Waals surface area contributed by atoms with Crippen LogP contribution in [0.25, 0.3) is 0 Å². The Hall–Kier alpha value is -3.52. The van der Waals surface area contributed by atoms with Crippen LogP contribution in [-0.2, 0) is 21.1 Å². The number of amides is 1. The van der Waals surface area contributed by atoms with Gasteiger partial charge in [0.1, 0.15) is 0 Å². The van der Waals surface area contributed by atoms with Crippen molar-refractivity contribution in [3.8, 4) is 11.5 Å². The predicted octanol–water partition coefficient (Wildman–Crippen LogP) is 4.77. The maximum Gasteiger partial charge on any atom is 0.243 e. The van der Waals surface area contributed by atoms with Crippen LogP contribution in [0, 0.1) is 13.8 Å². The van der Waals surface area contributed by atoms with E-state index in [-0.39, 0.29) is 22.2 Å². The molecule has 7 nitrogen and oxygen atoms in total. The number of methoxy groups -OCH3 is 2. The minimum Gasteiger partial charge on any atom is -0.493 e. The first-order valence-corrected chi connectivity index (χ1v) is 12.4. The SMILES string of the molecule is CCc1ccccc1NC(=O)CNc1cc(C)cc(C)c1S(=O)(=O)c1ccc(OC)c(OC)c1. The van der Waals surface area contributed by atoms with E-state index >= 15 is 0 Å². The molecule has 0 aliphatic heterocycles. The van der Waals surface area contributed by atoms with Crippen molar-refractivity contribution in [3.63, 3.8) is 0 Å². The molecule has 0 aliphatic carbocycles. The number of anilines is 2. The maximum absolute atomic E-state index is 13.6. The van der Waals surface area contributed by atoms with Crippen LogP contribution < -0.4 is 20.1 Å². The summed E-state index contributed by atoms with van der Waals surface area (Å²) in [7, 11) is -0.982. The van der Waals surface area contributed by atoms with Crippen LogP contribution in [0.3, 0.4) is 0 Å². The summed E-state index contributed by atoms with van der Waals surface area (Å²) >= 11 is 0. The van der Waals surface area contributed by atoms with Gasteiger partial charge in [0.15, 0.2) is 11.5 Å². The fraction of sp³-hybridized carbons (Fsp3) is 0.269. The molecule has 0 aromatic heterocycles. The van der Waals surface area contributed by atoms with E-state index in [2.05, 4.69) is 10.6 Å². The zero-order chi connectivity index (χ0) is 24.9. The molecule has 3 aromatic carbocycles. The van der Waals surface area contributed by atoms with E-state index in [0.29, 0.717) is 22.7 Å². The van der Waals surface area contributed by atoms with Gasteiger partial charge in [-0.1, -0.05) is 31.2 Å². The minimum atomic E-state index is -3.92. The zero-order valence-corrected chi connectivity index (χ0v) is 20.9. The summed E-state index contributed by atoms with van der Waals surface area (Å²) in [6, 6.07) is 15.6. The molecular formula is C26H30N2O5S. The number of sulfone groups is 1. The summed E-state index contributed by atoms with van der Waals surface area (Å²) in [5.74, 6) is 0.482. The number of hydrogen-bond acceptors (Lipinski definition) is 6. The largest absolute Gasteiger partial charge is 0.493 e. The highest BCUT2D eigenvalue weighted by Crippen LogP contribution is 2.36. The van der Waals surface area contributed by atoms with Gasteiger partial charge in [-0.3, -0.25) is 4.79 Å². The van der Waals surface area contributed by atoms with Crippen molar-refractivity contribution >= 4 is 27.1 Å². The lowest BCUT2D eigenvalue weighted by molar-refractivity contribution is -0.114. The number of hydrogen-bond donors (Lipinski definition) is 2. The Morgan fingerprint density at radius 3 is 2.29 bits per heavy atom. The predicted molar refractivity (Wildman–Crippen MR) is 134 cm³/mol. The lowest BCUT2D eigenvalue weighted by Crippen LogP contribution is -2.23. The van der Waals surface area contributed by atoms with Crippen LogP contribution in [0.4, 0.5) is 11.4 Å². The molecule has 0 unspecified atom stereocenters. The summed E-state index contributed by atoms with van der Waals surface area (Å²) in [5.41, 5.74) is 3.59. The molecule has 0 saturated heterocycles. The first-order chi connectivity index (χ1) is 16.2. The molecule has 1 amide bonds. The first-order valence-electron chi connectivity index (χ1n) is 10.9. The molecule has 0 aliphatic rings. The van der Waals surface area contributed by atoms with Gasteiger partial charge in [0.25, 0.3) is 0 Å². The number of nitrogens with one attached hydrogen (secondary N) is 2. The van der Waals surface area contributed by atoms with Gasteiger partial charge in [0, 0.05) is 11.8 Å². The second-order valence-corrected chi connectivity index (χ2v) is 9.78. The molecule has 0 bridgehead atoms. The molecule has 34 heavy (non-hydrogen) atoms. The van der Waals surface area contributed by atoms with E-state index in [1.165, 1.54) is 26.4 Å². The number of aryl methyl sites for hydroxylation is 3. The lowest BCUT2D eigenvalue weighted by atomic mass is 10.1. The number of para-hydroxylation sites is 1. The van der Waals surface area contributed by atoms with Crippen LogP contribution in [0.1, 0.15) is 23.6 Å². The average Bonchev–Trinajstić information content (AvgIpc) is 2.81. The molecule has 3 aromatic rings. The van der Waals surface area contributed by atoms with Crippen molar-refractivity contribution in [2.45, 2.75) is 37.0 Å². The maximum atomic E-state index is 13.6. The Kier molecular flexibility index (Phi) is 7.83. The van der Waals surface area contributed by atoms with Crippen molar-refractivity contribution in [2.75, 3.05) is 31.4 Å². The highest BCUT2D eigenvalue weighted by Gasteiger charge is 2.26. The third-order valence-corrected chi connectivity index (χ3v) is 7.42. The molecule has 180 valence electrons. The molecular weight excluding hydrogens is 452 g/mol. The van der Waals surface area contributed by atoms with Gasteiger partial charge in [0.2, 0.25) is 15.7 Å². The Morgan fingerprint density at radius 2 is 1.62 bits per heavy atom. The summed E-state index contributed by atoms with van der Waals surface area (Å²) < 4.78 is 37.8. The van der Waals surface area contributed by atoms with E-state index in [4.69, 9.17) is 9.47 Å². The Bertz CT molecular complexity index is 1300. The lowest BCUT2D eigenvalue weighted by Gasteiger charge is -2.17. The molecule has 3 rings (SSSR count). The van der Waals surface area contributed by atoms with Crippen molar-refractivity contribution in [3.05, 3.63) is 71.3 Å². The van der Waals surface area contributed by atoms with Gasteiger partial charge in [-0.05, 0) is 61.2 Å². The third-order valence-electron chi connectivity index (χ3n) is 5.46. The fourth-order valence-electron chi connectivity index (χ4n) is 3.86. The number of carbonyl (C=O) groups is 1. The summed E-state index contributed by atoms with van der Waals surface area (Å²) in [4.78, 5) is 12.8. The first kappa shape index (κ1) is 25.1. The standard InChI is InChI=1S/C26H30N2O5S/c1-6-19-9-7-8-10-21(19)28-25(29)16-27-22-14-17(2)13-18(3)26(22)34(30,31)20-11-12-23(32-4)24(15-20)33-5/h7-15,27H,6,16H2,1-5H3,(H,28,29). The van der Waals surface area contributed by atoms with E-state index in [1.54, 1.807) is 25.1 Å². The molecule has 0 fully saturated rings. The van der Waals surface area contributed by atoms with Crippen LogP contribution >= 0.6 is 0 Å². The Labute approximate surface area is 201 Å². The average molecular weight is 483 g/mol. The van der Waals surface area contributed by atoms with Crippen LogP contribution in [0.5, 0.6) is 11.5 Å². The fourth-order valence-corrected chi connectivity index (χ4v) is 5.51. The monoisotopic (exact) mass is 482 g/mol. The Balaban J connectivity index is 1.92. The molecule has 8 heteroatoms. The number of rotatable bonds is 9. The number of benzene rings is 3. The zero-order valence-electron chi connectivity index (χ0n) is 20.1. The van der Waals surface area contributed by atoms with Gasteiger partial charge < -0.3 is 20.1 Å². The molecule has 2 N–H and O–H groups in total. The van der Waals surface area contributed by atoms with Crippen LogP contribution in [0.15, 0.2) is 64.4 Å². The summed E-state index contributed by atoms with van der Waals surface area (Å²) in [6.07, 6.45) is 0.786. The summed E-state index contributed by atoms with van der Waals surface area (Å²) in [5, 5.41) is 5.93. The molecule has 0 atom stereocenters. The van der Waals surface area contributed by atoms with E-state index in [0.717, 1.165) is 23.2 Å². The second-order valence-electron chi connectivity index (χ2n) is 7.89. The van der Waals surface area contributed by atoms with Crippen molar-refractivity contribution in [1.29, 1.82) is 0 Å². The van der Waals surface area contributed by atoms with Crippen molar-refractivity contribution in [1.82, 2.24) is 0 Å². The molecule has 0 spiro atoms. The number of ether oxygens (including phenoxy) is 2. The highest BCUT2D eigenvalue weighted by atomic mass is 32.2.